The fraction of sp³-hybridized carbons (Fsp3) is 0.167. The van der Waals surface area contributed by atoms with Gasteiger partial charge in [0.2, 0.25) is 0 Å². The minimum Gasteiger partial charge on any atom is -0.497 e. The van der Waals surface area contributed by atoms with Crippen LogP contribution in [0.25, 0.3) is 33.7 Å². The number of ether oxygens (including phenoxy) is 1. The van der Waals surface area contributed by atoms with Crippen LogP contribution in [0.1, 0.15) is 40.2 Å². The van der Waals surface area contributed by atoms with Crippen LogP contribution in [0.4, 0.5) is 4.39 Å². The Bertz CT molecular complexity index is 1610. The topological polar surface area (TPSA) is 79.9 Å². The van der Waals surface area contributed by atoms with E-state index in [4.69, 9.17) is 9.72 Å². The van der Waals surface area contributed by atoms with E-state index in [1.54, 1.807) is 19.4 Å². The number of aromatic nitrogens is 3. The summed E-state index contributed by atoms with van der Waals surface area (Å²) in [6, 6.07) is 22.1. The van der Waals surface area contributed by atoms with Gasteiger partial charge in [0, 0.05) is 35.0 Å². The van der Waals surface area contributed by atoms with Gasteiger partial charge >= 0.3 is 0 Å². The van der Waals surface area contributed by atoms with Gasteiger partial charge in [-0.05, 0) is 66.3 Å². The molecule has 0 bridgehead atoms. The van der Waals surface area contributed by atoms with Crippen LogP contribution in [-0.4, -0.2) is 28.0 Å². The Morgan fingerprint density at radius 1 is 1.05 bits per heavy atom. The van der Waals surface area contributed by atoms with Crippen molar-refractivity contribution in [2.75, 3.05) is 7.11 Å². The van der Waals surface area contributed by atoms with Crippen molar-refractivity contribution in [3.63, 3.8) is 0 Å². The van der Waals surface area contributed by atoms with Crippen LogP contribution in [0.3, 0.4) is 0 Å². The van der Waals surface area contributed by atoms with Gasteiger partial charge in [0.15, 0.2) is 5.65 Å². The van der Waals surface area contributed by atoms with Crippen LogP contribution in [0, 0.1) is 5.82 Å². The van der Waals surface area contributed by atoms with Crippen LogP contribution >= 0.6 is 0 Å². The Balaban J connectivity index is 1.21. The molecule has 0 atom stereocenters. The van der Waals surface area contributed by atoms with Crippen molar-refractivity contribution in [1.82, 2.24) is 20.3 Å². The van der Waals surface area contributed by atoms with E-state index in [9.17, 15) is 4.79 Å². The van der Waals surface area contributed by atoms with E-state index in [0.717, 1.165) is 16.9 Å². The number of nitrogens with zero attached hydrogens (tertiary/aromatic N) is 2. The number of fused-ring (bicyclic) bond motifs is 1. The molecular weight excluding hydrogens is 467 g/mol. The van der Waals surface area contributed by atoms with Crippen molar-refractivity contribution in [1.29, 1.82) is 0 Å². The smallest absolute Gasteiger partial charge is 0.251 e. The summed E-state index contributed by atoms with van der Waals surface area (Å²) < 4.78 is 20.4. The van der Waals surface area contributed by atoms with Crippen LogP contribution in [0.15, 0.2) is 79.0 Å². The molecule has 5 aromatic rings. The van der Waals surface area contributed by atoms with E-state index in [0.29, 0.717) is 39.6 Å². The second-order valence-corrected chi connectivity index (χ2v) is 9.26. The normalized spacial score (nSPS) is 13.0. The molecule has 0 unspecified atom stereocenters. The Kier molecular flexibility index (Phi) is 5.88. The van der Waals surface area contributed by atoms with E-state index in [2.05, 4.69) is 15.3 Å². The molecule has 2 N–H and O–H groups in total. The zero-order valence-corrected chi connectivity index (χ0v) is 20.3. The highest BCUT2D eigenvalue weighted by molar-refractivity contribution is 5.94. The summed E-state index contributed by atoms with van der Waals surface area (Å²) in [6.07, 6.45) is 4.11. The van der Waals surface area contributed by atoms with Gasteiger partial charge in [-0.25, -0.2) is 14.4 Å². The lowest BCUT2D eigenvalue weighted by molar-refractivity contribution is 0.0950. The minimum absolute atomic E-state index is 0.101. The molecule has 0 saturated heterocycles. The molecular formula is C30H25FN4O2. The molecule has 1 aliphatic rings. The second kappa shape index (κ2) is 9.50. The number of hydrogen-bond donors (Lipinski definition) is 2. The lowest BCUT2D eigenvalue weighted by atomic mass is 10.0. The molecule has 3 aromatic carbocycles. The van der Waals surface area contributed by atoms with Gasteiger partial charge in [0.05, 0.1) is 7.11 Å². The number of methoxy groups -OCH3 is 1. The Labute approximate surface area is 213 Å². The number of pyridine rings is 1. The second-order valence-electron chi connectivity index (χ2n) is 9.26. The molecule has 37 heavy (non-hydrogen) atoms. The summed E-state index contributed by atoms with van der Waals surface area (Å²) >= 11 is 0. The average Bonchev–Trinajstić information content (AvgIpc) is 3.70. The van der Waals surface area contributed by atoms with E-state index < -0.39 is 5.82 Å². The summed E-state index contributed by atoms with van der Waals surface area (Å²) in [5.74, 6) is 1.41. The standard InChI is InChI=1S/C30H25FN4O2/c1-37-24-4-2-3-22(15-24)28-34-27-25(13-14-32-29(27)35-28)21-11-12-23(26(31)16-21)17-33-30(36)20-9-7-19(8-10-20)18-5-6-18/h2-4,7-16,18H,5-6,17H2,1H3,(H,33,36)(H,32,34,35). The quantitative estimate of drug-likeness (QED) is 0.282. The molecule has 7 heteroatoms. The number of halogens is 1. The molecule has 1 aliphatic carbocycles. The van der Waals surface area contributed by atoms with Gasteiger partial charge in [-0.3, -0.25) is 4.79 Å². The highest BCUT2D eigenvalue weighted by Crippen LogP contribution is 2.39. The molecule has 6 nitrogen and oxygen atoms in total. The number of H-pyrrole nitrogens is 1. The number of carbonyl (C=O) groups is 1. The average molecular weight is 493 g/mol. The molecule has 2 heterocycles. The number of nitrogens with one attached hydrogen (secondary N) is 2. The Morgan fingerprint density at radius 2 is 1.89 bits per heavy atom. The Morgan fingerprint density at radius 3 is 2.65 bits per heavy atom. The monoisotopic (exact) mass is 492 g/mol. The fourth-order valence-corrected chi connectivity index (χ4v) is 4.51. The number of rotatable bonds is 7. The molecule has 184 valence electrons. The van der Waals surface area contributed by atoms with Gasteiger partial charge < -0.3 is 15.0 Å². The number of aromatic amines is 1. The summed E-state index contributed by atoms with van der Waals surface area (Å²) in [5.41, 5.74) is 5.83. The van der Waals surface area contributed by atoms with E-state index in [1.807, 2.05) is 60.7 Å². The summed E-state index contributed by atoms with van der Waals surface area (Å²) in [7, 11) is 1.62. The number of imidazole rings is 1. The van der Waals surface area contributed by atoms with Crippen molar-refractivity contribution in [3.8, 4) is 28.3 Å². The van der Waals surface area contributed by atoms with Gasteiger partial charge in [0.1, 0.15) is 22.9 Å². The van der Waals surface area contributed by atoms with Gasteiger partial charge in [-0.2, -0.15) is 0 Å². The van der Waals surface area contributed by atoms with Crippen LogP contribution in [0.5, 0.6) is 5.75 Å². The first kappa shape index (κ1) is 22.9. The number of carbonyl (C=O) groups excluding carboxylic acids is 1. The first-order valence-corrected chi connectivity index (χ1v) is 12.2. The SMILES string of the molecule is COc1cccc(-c2nc3c(-c4ccc(CNC(=O)c5ccc(C6CC6)cc5)c(F)c4)ccnc3[nH]2)c1. The molecule has 1 saturated carbocycles. The number of hydrogen-bond acceptors (Lipinski definition) is 4. The summed E-state index contributed by atoms with van der Waals surface area (Å²) in [4.78, 5) is 25.0. The largest absolute Gasteiger partial charge is 0.497 e. The molecule has 1 fully saturated rings. The lowest BCUT2D eigenvalue weighted by Crippen LogP contribution is -2.23. The third-order valence-electron chi connectivity index (χ3n) is 6.75. The van der Waals surface area contributed by atoms with Crippen molar-refractivity contribution >= 4 is 17.1 Å². The van der Waals surface area contributed by atoms with Gasteiger partial charge in [-0.15, -0.1) is 0 Å². The minimum atomic E-state index is -0.393. The van der Waals surface area contributed by atoms with Gasteiger partial charge in [-0.1, -0.05) is 36.4 Å². The van der Waals surface area contributed by atoms with Crippen molar-refractivity contribution in [2.45, 2.75) is 25.3 Å². The zero-order chi connectivity index (χ0) is 25.4. The third-order valence-corrected chi connectivity index (χ3v) is 6.75. The molecule has 1 amide bonds. The number of benzene rings is 3. The maximum atomic E-state index is 15.1. The van der Waals surface area contributed by atoms with E-state index in [-0.39, 0.29) is 12.5 Å². The maximum absolute atomic E-state index is 15.1. The van der Waals surface area contributed by atoms with Crippen molar-refractivity contribution in [2.24, 2.45) is 0 Å². The fourth-order valence-electron chi connectivity index (χ4n) is 4.51. The highest BCUT2D eigenvalue weighted by atomic mass is 19.1. The van der Waals surface area contributed by atoms with E-state index in [1.165, 1.54) is 24.5 Å². The zero-order valence-electron chi connectivity index (χ0n) is 20.3. The highest BCUT2D eigenvalue weighted by Gasteiger charge is 2.23. The number of amides is 1. The lowest BCUT2D eigenvalue weighted by Gasteiger charge is -2.09. The van der Waals surface area contributed by atoms with Crippen LogP contribution < -0.4 is 10.1 Å². The summed E-state index contributed by atoms with van der Waals surface area (Å²) in [5, 5.41) is 2.82. The summed E-state index contributed by atoms with van der Waals surface area (Å²) in [6.45, 7) is 0.101. The first-order chi connectivity index (χ1) is 18.1. The Hall–Kier alpha value is -4.52. The molecule has 0 spiro atoms. The molecule has 0 aliphatic heterocycles. The third kappa shape index (κ3) is 4.68. The van der Waals surface area contributed by atoms with Crippen molar-refractivity contribution < 1.29 is 13.9 Å². The van der Waals surface area contributed by atoms with Crippen LogP contribution in [0.2, 0.25) is 0 Å². The molecule has 2 aromatic heterocycles. The molecule has 6 rings (SSSR count). The van der Waals surface area contributed by atoms with Crippen LogP contribution in [-0.2, 0) is 6.54 Å². The predicted octanol–water partition coefficient (Wildman–Crippen LogP) is 6.25. The van der Waals surface area contributed by atoms with Gasteiger partial charge in [0.25, 0.3) is 5.91 Å². The maximum Gasteiger partial charge on any atom is 0.251 e. The molecule has 0 radical (unpaired) electrons. The van der Waals surface area contributed by atoms with E-state index >= 15 is 4.39 Å². The van der Waals surface area contributed by atoms with Crippen molar-refractivity contribution in [3.05, 3.63) is 102 Å². The first-order valence-electron chi connectivity index (χ1n) is 12.2. The predicted molar refractivity (Wildman–Crippen MR) is 141 cm³/mol.